The molecule has 0 saturated heterocycles. The number of amides is 1. The maximum Gasteiger partial charge on any atom is 0.249 e. The summed E-state index contributed by atoms with van der Waals surface area (Å²) >= 11 is 0. The monoisotopic (exact) mass is 678 g/mol. The van der Waals surface area contributed by atoms with Gasteiger partial charge in [-0.3, -0.25) is 4.79 Å². The number of rotatable bonds is 36. The predicted octanol–water partition coefficient (Wildman–Crippen LogP) is 10.2. The van der Waals surface area contributed by atoms with Crippen molar-refractivity contribution in [2.45, 2.75) is 218 Å². The number of aliphatic hydroxyl groups is 4. The summed E-state index contributed by atoms with van der Waals surface area (Å²) in [7, 11) is 0. The Morgan fingerprint density at radius 1 is 0.521 bits per heavy atom. The molecule has 0 aromatic heterocycles. The van der Waals surface area contributed by atoms with Gasteiger partial charge in [0, 0.05) is 0 Å². The number of hydrogen-bond acceptors (Lipinski definition) is 5. The summed E-state index contributed by atoms with van der Waals surface area (Å²) in [5.41, 5.74) is 0. The Bertz CT molecular complexity index is 767. The van der Waals surface area contributed by atoms with Crippen LogP contribution in [0.25, 0.3) is 0 Å². The fourth-order valence-electron chi connectivity index (χ4n) is 6.09. The lowest BCUT2D eigenvalue weighted by Gasteiger charge is -2.27. The molecule has 4 unspecified atom stereocenters. The van der Waals surface area contributed by atoms with E-state index in [-0.39, 0.29) is 0 Å². The van der Waals surface area contributed by atoms with E-state index in [1.807, 2.05) is 0 Å². The van der Waals surface area contributed by atoms with Crippen LogP contribution < -0.4 is 5.32 Å². The Balaban J connectivity index is 3.79. The van der Waals surface area contributed by atoms with Gasteiger partial charge in [0.05, 0.1) is 18.8 Å². The molecule has 0 aromatic rings. The van der Waals surface area contributed by atoms with Crippen LogP contribution in [0.2, 0.25) is 0 Å². The lowest BCUT2D eigenvalue weighted by atomic mass is 10.00. The van der Waals surface area contributed by atoms with Crippen molar-refractivity contribution in [2.24, 2.45) is 0 Å². The maximum atomic E-state index is 12.5. The Morgan fingerprint density at radius 2 is 0.917 bits per heavy atom. The first-order valence-corrected chi connectivity index (χ1v) is 20.4. The van der Waals surface area contributed by atoms with E-state index in [2.05, 4.69) is 55.6 Å². The molecule has 282 valence electrons. The molecule has 0 rings (SSSR count). The molecule has 4 atom stereocenters. The molecule has 0 heterocycles. The molecule has 6 nitrogen and oxygen atoms in total. The van der Waals surface area contributed by atoms with Gasteiger partial charge in [-0.25, -0.2) is 0 Å². The van der Waals surface area contributed by atoms with Crippen molar-refractivity contribution >= 4 is 5.91 Å². The van der Waals surface area contributed by atoms with Crippen LogP contribution in [-0.2, 0) is 4.79 Å². The first-order chi connectivity index (χ1) is 23.5. The van der Waals surface area contributed by atoms with Crippen molar-refractivity contribution in [3.63, 3.8) is 0 Å². The Kier molecular flexibility index (Phi) is 35.7. The van der Waals surface area contributed by atoms with Gasteiger partial charge in [0.2, 0.25) is 5.91 Å². The van der Waals surface area contributed by atoms with Gasteiger partial charge >= 0.3 is 0 Å². The van der Waals surface area contributed by atoms with Crippen LogP contribution in [0.1, 0.15) is 194 Å². The molecule has 0 radical (unpaired) electrons. The lowest BCUT2D eigenvalue weighted by Crippen LogP contribution is -2.53. The summed E-state index contributed by atoms with van der Waals surface area (Å²) in [5.74, 6) is -0.600. The molecule has 6 heteroatoms. The van der Waals surface area contributed by atoms with Crippen LogP contribution in [0, 0.1) is 0 Å². The zero-order valence-corrected chi connectivity index (χ0v) is 31.5. The molecule has 1 amide bonds. The number of hydrogen-bond donors (Lipinski definition) is 5. The average molecular weight is 678 g/mol. The molecule has 0 aromatic carbocycles. The first kappa shape index (κ1) is 46.5. The minimum absolute atomic E-state index is 0.361. The van der Waals surface area contributed by atoms with Crippen LogP contribution in [0.4, 0.5) is 0 Å². The summed E-state index contributed by atoms with van der Waals surface area (Å²) in [6.45, 7) is 3.92. The number of unbranched alkanes of at least 4 members (excludes halogenated alkanes) is 21. The van der Waals surface area contributed by atoms with Crippen molar-refractivity contribution in [1.29, 1.82) is 0 Å². The summed E-state index contributed by atoms with van der Waals surface area (Å²) in [4.78, 5) is 12.5. The summed E-state index contributed by atoms with van der Waals surface area (Å²) in [6.07, 6.45) is 41.7. The highest BCUT2D eigenvalue weighted by Crippen LogP contribution is 2.16. The number of allylic oxidation sites excluding steroid dienone is 6. The highest BCUT2D eigenvalue weighted by molar-refractivity contribution is 5.80. The van der Waals surface area contributed by atoms with E-state index in [0.29, 0.717) is 19.3 Å². The second kappa shape index (κ2) is 36.8. The smallest absolute Gasteiger partial charge is 0.249 e. The third-order valence-corrected chi connectivity index (χ3v) is 9.32. The van der Waals surface area contributed by atoms with E-state index >= 15 is 0 Å². The molecule has 0 bridgehead atoms. The van der Waals surface area contributed by atoms with Crippen LogP contribution in [0.15, 0.2) is 36.5 Å². The SMILES string of the molecule is CC/C=C/CC/C=C/CC/C=C/CCCC(O)C(O)C(CO)NC(=O)C(O)CCCCCCCCCCCCCCCCCCCCC. The zero-order valence-electron chi connectivity index (χ0n) is 31.5. The van der Waals surface area contributed by atoms with Gasteiger partial charge in [-0.15, -0.1) is 0 Å². The van der Waals surface area contributed by atoms with Crippen molar-refractivity contribution in [1.82, 2.24) is 5.32 Å². The fourth-order valence-corrected chi connectivity index (χ4v) is 6.09. The largest absolute Gasteiger partial charge is 0.394 e. The van der Waals surface area contributed by atoms with Gasteiger partial charge in [-0.1, -0.05) is 172 Å². The number of nitrogens with one attached hydrogen (secondary N) is 1. The predicted molar refractivity (Wildman–Crippen MR) is 205 cm³/mol. The van der Waals surface area contributed by atoms with Crippen molar-refractivity contribution in [2.75, 3.05) is 6.61 Å². The third-order valence-electron chi connectivity index (χ3n) is 9.32. The van der Waals surface area contributed by atoms with Gasteiger partial charge < -0.3 is 25.7 Å². The molecular weight excluding hydrogens is 598 g/mol. The topological polar surface area (TPSA) is 110 Å². The van der Waals surface area contributed by atoms with Crippen molar-refractivity contribution in [3.8, 4) is 0 Å². The second-order valence-electron chi connectivity index (χ2n) is 13.9. The molecular formula is C42H79NO5. The first-order valence-electron chi connectivity index (χ1n) is 20.4. The van der Waals surface area contributed by atoms with Crippen LogP contribution >= 0.6 is 0 Å². The highest BCUT2D eigenvalue weighted by atomic mass is 16.3. The average Bonchev–Trinajstić information content (AvgIpc) is 3.09. The molecule has 48 heavy (non-hydrogen) atoms. The van der Waals surface area contributed by atoms with Crippen LogP contribution in [0.3, 0.4) is 0 Å². The van der Waals surface area contributed by atoms with Crippen molar-refractivity contribution < 1.29 is 25.2 Å². The minimum Gasteiger partial charge on any atom is -0.394 e. The number of carbonyl (C=O) groups excluding carboxylic acids is 1. The van der Waals surface area contributed by atoms with Crippen LogP contribution in [0.5, 0.6) is 0 Å². The van der Waals surface area contributed by atoms with Gasteiger partial charge in [-0.05, 0) is 57.8 Å². The van der Waals surface area contributed by atoms with Gasteiger partial charge in [0.1, 0.15) is 12.2 Å². The highest BCUT2D eigenvalue weighted by Gasteiger charge is 2.28. The van der Waals surface area contributed by atoms with E-state index in [1.54, 1.807) is 0 Å². The molecule has 0 aliphatic rings. The van der Waals surface area contributed by atoms with Gasteiger partial charge in [0.25, 0.3) is 0 Å². The lowest BCUT2D eigenvalue weighted by molar-refractivity contribution is -0.132. The van der Waals surface area contributed by atoms with E-state index in [0.717, 1.165) is 57.8 Å². The summed E-state index contributed by atoms with van der Waals surface area (Å²) in [6, 6.07) is -1.01. The molecule has 5 N–H and O–H groups in total. The fraction of sp³-hybridized carbons (Fsp3) is 0.833. The molecule has 0 fully saturated rings. The minimum atomic E-state index is -1.29. The quantitative estimate of drug-likeness (QED) is 0.0335. The molecule has 0 saturated carbocycles. The van der Waals surface area contributed by atoms with Gasteiger partial charge in [0.15, 0.2) is 0 Å². The second-order valence-corrected chi connectivity index (χ2v) is 13.9. The zero-order chi connectivity index (χ0) is 35.3. The standard InChI is InChI=1S/C42H79NO5/c1-3-5-7-9-11-13-15-17-18-19-20-21-22-24-26-28-30-32-34-36-40(46)42(48)43-38(37-44)41(47)39(45)35-33-31-29-27-25-23-16-14-12-10-8-6-4-2/h6,8,14,16,27,29,38-41,44-47H,3-5,7,9-13,15,17-26,28,30-37H2,1-2H3,(H,43,48)/b8-6+,16-14+,29-27+. The van der Waals surface area contributed by atoms with E-state index in [4.69, 9.17) is 0 Å². The summed E-state index contributed by atoms with van der Waals surface area (Å²) < 4.78 is 0. The number of aliphatic hydroxyl groups excluding tert-OH is 4. The molecule has 0 aliphatic carbocycles. The molecule has 0 aliphatic heterocycles. The summed E-state index contributed by atoms with van der Waals surface area (Å²) in [5, 5.41) is 43.5. The van der Waals surface area contributed by atoms with E-state index in [1.165, 1.54) is 103 Å². The normalized spacial score (nSPS) is 14.7. The molecule has 0 spiro atoms. The number of carbonyl (C=O) groups is 1. The maximum absolute atomic E-state index is 12.5. The van der Waals surface area contributed by atoms with Gasteiger partial charge in [-0.2, -0.15) is 0 Å². The van der Waals surface area contributed by atoms with Crippen molar-refractivity contribution in [3.05, 3.63) is 36.5 Å². The Hall–Kier alpha value is -1.47. The van der Waals surface area contributed by atoms with E-state index in [9.17, 15) is 25.2 Å². The Morgan fingerprint density at radius 3 is 1.33 bits per heavy atom. The van der Waals surface area contributed by atoms with Crippen LogP contribution in [-0.4, -0.2) is 57.3 Å². The van der Waals surface area contributed by atoms with E-state index < -0.39 is 36.9 Å². The Labute approximate surface area is 297 Å². The third kappa shape index (κ3) is 30.6.